The molecule has 1 atom stereocenters. The summed E-state index contributed by atoms with van der Waals surface area (Å²) in [7, 11) is 1.76. The van der Waals surface area contributed by atoms with Gasteiger partial charge in [0.15, 0.2) is 0 Å². The molecule has 0 aliphatic rings. The Labute approximate surface area is 179 Å². The molecular weight excluding hydrogens is 374 g/mol. The van der Waals surface area contributed by atoms with Crippen LogP contribution in [0, 0.1) is 0 Å². The Balaban J connectivity index is 2.15. The van der Waals surface area contributed by atoms with Crippen molar-refractivity contribution >= 4 is 18.2 Å². The van der Waals surface area contributed by atoms with E-state index in [1.54, 1.807) is 19.1 Å². The summed E-state index contributed by atoms with van der Waals surface area (Å²) in [5.41, 5.74) is 3.25. The minimum Gasteiger partial charge on any atom is -0.373 e. The average Bonchev–Trinajstić information content (AvgIpc) is 2.79. The number of rotatable bonds is 9. The van der Waals surface area contributed by atoms with Crippen molar-refractivity contribution in [3.8, 4) is 0 Å². The molecule has 0 spiro atoms. The van der Waals surface area contributed by atoms with Crippen LogP contribution in [-0.4, -0.2) is 18.9 Å². The Morgan fingerprint density at radius 1 is 0.793 bits per heavy atom. The fourth-order valence-electron chi connectivity index (χ4n) is 3.61. The molecule has 0 N–H and O–H groups in total. The highest BCUT2D eigenvalue weighted by molar-refractivity contribution is 7.99. The van der Waals surface area contributed by atoms with Crippen molar-refractivity contribution < 1.29 is 4.74 Å². The predicted molar refractivity (Wildman–Crippen MR) is 126 cm³/mol. The number of nitrogens with zero attached hydrogens (tertiary/aromatic N) is 1. The van der Waals surface area contributed by atoms with E-state index in [2.05, 4.69) is 105 Å². The van der Waals surface area contributed by atoms with Gasteiger partial charge in [-0.15, -0.1) is 0 Å². The minimum atomic E-state index is -0.443. The first-order chi connectivity index (χ1) is 14.1. The van der Waals surface area contributed by atoms with Gasteiger partial charge in [-0.2, -0.15) is 0 Å². The van der Waals surface area contributed by atoms with Gasteiger partial charge in [0.1, 0.15) is 10.3 Å². The van der Waals surface area contributed by atoms with E-state index in [0.29, 0.717) is 0 Å². The first-order valence-electron chi connectivity index (χ1n) is 10.1. The van der Waals surface area contributed by atoms with Gasteiger partial charge in [0.05, 0.1) is 0 Å². The van der Waals surface area contributed by atoms with Crippen molar-refractivity contribution in [2.45, 2.75) is 37.0 Å². The summed E-state index contributed by atoms with van der Waals surface area (Å²) in [5, 5.41) is 0. The van der Waals surface area contributed by atoms with Crippen molar-refractivity contribution in [2.24, 2.45) is 4.40 Å². The molecule has 0 aliphatic heterocycles. The van der Waals surface area contributed by atoms with E-state index < -0.39 is 4.75 Å². The zero-order chi connectivity index (χ0) is 20.6. The highest BCUT2D eigenvalue weighted by Gasteiger charge is 2.37. The molecule has 0 fully saturated rings. The van der Waals surface area contributed by atoms with Gasteiger partial charge in [0.2, 0.25) is 0 Å². The highest BCUT2D eigenvalue weighted by Crippen LogP contribution is 2.48. The van der Waals surface area contributed by atoms with Gasteiger partial charge >= 0.3 is 0 Å². The van der Waals surface area contributed by atoms with E-state index in [4.69, 9.17) is 9.13 Å². The smallest absolute Gasteiger partial charge is 0.112 e. The van der Waals surface area contributed by atoms with Crippen molar-refractivity contribution in [1.29, 1.82) is 0 Å². The monoisotopic (exact) mass is 403 g/mol. The topological polar surface area (TPSA) is 21.6 Å². The largest absolute Gasteiger partial charge is 0.373 e. The third kappa shape index (κ3) is 4.80. The average molecular weight is 404 g/mol. The maximum atomic E-state index is 5.75. The standard InChI is InChI=1S/C26H29NOS/c1-4-20-25(2,28-3)21-27-29-26(22-14-8-5-9-15-22,23-16-10-6-11-17-23)24-18-12-7-13-19-24/h5-19,21H,4,20H2,1-3H3/b27-21+. The van der Waals surface area contributed by atoms with Crippen LogP contribution in [0.2, 0.25) is 0 Å². The summed E-state index contributed by atoms with van der Waals surface area (Å²) in [4.78, 5) is 0. The number of ether oxygens (including phenoxy) is 1. The lowest BCUT2D eigenvalue weighted by Gasteiger charge is -2.33. The van der Waals surface area contributed by atoms with Crippen LogP contribution in [0.15, 0.2) is 95.4 Å². The van der Waals surface area contributed by atoms with Crippen LogP contribution in [-0.2, 0) is 9.48 Å². The molecule has 0 heterocycles. The van der Waals surface area contributed by atoms with Crippen molar-refractivity contribution in [2.75, 3.05) is 7.11 Å². The van der Waals surface area contributed by atoms with Gasteiger partial charge in [0, 0.05) is 13.3 Å². The third-order valence-corrected chi connectivity index (χ3v) is 6.46. The molecule has 150 valence electrons. The molecule has 0 aromatic heterocycles. The van der Waals surface area contributed by atoms with E-state index in [0.717, 1.165) is 12.8 Å². The molecule has 3 heteroatoms. The van der Waals surface area contributed by atoms with Gasteiger partial charge in [-0.05, 0) is 42.0 Å². The van der Waals surface area contributed by atoms with Crippen LogP contribution in [0.5, 0.6) is 0 Å². The van der Waals surface area contributed by atoms with Crippen LogP contribution in [0.25, 0.3) is 0 Å². The fraction of sp³-hybridized carbons (Fsp3) is 0.269. The molecule has 3 aromatic rings. The molecule has 29 heavy (non-hydrogen) atoms. The van der Waals surface area contributed by atoms with E-state index in [1.165, 1.54) is 16.7 Å². The van der Waals surface area contributed by atoms with Crippen LogP contribution in [0.1, 0.15) is 43.4 Å². The minimum absolute atomic E-state index is 0.364. The predicted octanol–water partition coefficient (Wildman–Crippen LogP) is 6.90. The van der Waals surface area contributed by atoms with Crippen molar-refractivity contribution in [3.63, 3.8) is 0 Å². The van der Waals surface area contributed by atoms with Crippen LogP contribution >= 0.6 is 11.9 Å². The Morgan fingerprint density at radius 3 is 1.55 bits per heavy atom. The second-order valence-electron chi connectivity index (χ2n) is 7.37. The zero-order valence-electron chi connectivity index (χ0n) is 17.4. The number of hydrogen-bond acceptors (Lipinski definition) is 3. The quantitative estimate of drug-likeness (QED) is 0.220. The molecule has 0 aliphatic carbocycles. The van der Waals surface area contributed by atoms with Crippen molar-refractivity contribution in [3.05, 3.63) is 108 Å². The Bertz CT molecular complexity index is 799. The molecule has 3 aromatic carbocycles. The molecule has 0 saturated carbocycles. The molecule has 0 saturated heterocycles. The molecule has 2 nitrogen and oxygen atoms in total. The van der Waals surface area contributed by atoms with Gasteiger partial charge in [-0.3, -0.25) is 0 Å². The van der Waals surface area contributed by atoms with Gasteiger partial charge in [0.25, 0.3) is 0 Å². The maximum Gasteiger partial charge on any atom is 0.112 e. The molecule has 0 amide bonds. The summed E-state index contributed by atoms with van der Waals surface area (Å²) in [6.45, 7) is 4.26. The molecular formula is C26H29NOS. The molecule has 1 unspecified atom stereocenters. The highest BCUT2D eigenvalue weighted by atomic mass is 32.2. The van der Waals surface area contributed by atoms with Gasteiger partial charge in [-0.25, -0.2) is 4.40 Å². The third-order valence-electron chi connectivity index (χ3n) is 5.27. The first-order valence-corrected chi connectivity index (χ1v) is 10.9. The van der Waals surface area contributed by atoms with Gasteiger partial charge in [-0.1, -0.05) is 104 Å². The van der Waals surface area contributed by atoms with Crippen LogP contribution < -0.4 is 0 Å². The summed E-state index contributed by atoms with van der Waals surface area (Å²) in [6.07, 6.45) is 3.94. The summed E-state index contributed by atoms with van der Waals surface area (Å²) < 4.78 is 10.2. The number of methoxy groups -OCH3 is 1. The fourth-order valence-corrected chi connectivity index (χ4v) is 4.77. The Kier molecular flexibility index (Phi) is 7.29. The second-order valence-corrected chi connectivity index (χ2v) is 8.38. The lowest BCUT2D eigenvalue weighted by Crippen LogP contribution is -2.29. The van der Waals surface area contributed by atoms with E-state index >= 15 is 0 Å². The van der Waals surface area contributed by atoms with E-state index in [-0.39, 0.29) is 5.60 Å². The van der Waals surface area contributed by atoms with Crippen LogP contribution in [0.4, 0.5) is 0 Å². The number of benzene rings is 3. The number of hydrogen-bond donors (Lipinski definition) is 0. The second kappa shape index (κ2) is 9.91. The lowest BCUT2D eigenvalue weighted by atomic mass is 9.84. The van der Waals surface area contributed by atoms with Crippen molar-refractivity contribution in [1.82, 2.24) is 0 Å². The van der Waals surface area contributed by atoms with E-state index in [1.807, 2.05) is 6.21 Å². The van der Waals surface area contributed by atoms with Crippen LogP contribution in [0.3, 0.4) is 0 Å². The SMILES string of the molecule is CCCC(C)(/C=N/SC(c1ccccc1)(c1ccccc1)c1ccccc1)OC. The summed E-state index contributed by atoms with van der Waals surface area (Å²) in [6, 6.07) is 31.8. The molecule has 3 rings (SSSR count). The lowest BCUT2D eigenvalue weighted by molar-refractivity contribution is 0.0627. The molecule has 0 bridgehead atoms. The maximum absolute atomic E-state index is 5.75. The normalized spacial score (nSPS) is 14.0. The first kappa shape index (κ1) is 21.4. The van der Waals surface area contributed by atoms with E-state index in [9.17, 15) is 0 Å². The summed E-state index contributed by atoms with van der Waals surface area (Å²) in [5.74, 6) is 0. The van der Waals surface area contributed by atoms with Gasteiger partial charge < -0.3 is 4.74 Å². The summed E-state index contributed by atoms with van der Waals surface area (Å²) >= 11 is 1.59. The zero-order valence-corrected chi connectivity index (χ0v) is 18.2. The molecule has 0 radical (unpaired) electrons. The Hall–Kier alpha value is -2.36. The Morgan fingerprint density at radius 2 is 1.21 bits per heavy atom.